The summed E-state index contributed by atoms with van der Waals surface area (Å²) in [5.74, 6) is -0.165. The lowest BCUT2D eigenvalue weighted by Gasteiger charge is -2.18. The summed E-state index contributed by atoms with van der Waals surface area (Å²) in [5.41, 5.74) is 0.581. The van der Waals surface area contributed by atoms with Gasteiger partial charge in [0.1, 0.15) is 6.04 Å². The van der Waals surface area contributed by atoms with Gasteiger partial charge in [-0.25, -0.2) is 4.68 Å². The van der Waals surface area contributed by atoms with E-state index in [0.29, 0.717) is 18.4 Å². The third kappa shape index (κ3) is 3.37. The van der Waals surface area contributed by atoms with Gasteiger partial charge in [0.2, 0.25) is 5.91 Å². The van der Waals surface area contributed by atoms with Gasteiger partial charge in [-0.2, -0.15) is 5.10 Å². The molecule has 1 N–H and O–H groups in total. The predicted molar refractivity (Wildman–Crippen MR) is 107 cm³/mol. The van der Waals surface area contributed by atoms with E-state index in [2.05, 4.69) is 10.4 Å². The lowest BCUT2D eigenvalue weighted by molar-refractivity contribution is -0.124. The number of hydrogen-bond donors (Lipinski definition) is 1. The van der Waals surface area contributed by atoms with Gasteiger partial charge in [-0.15, -0.1) is 11.3 Å². The molecule has 6 nitrogen and oxygen atoms in total. The van der Waals surface area contributed by atoms with E-state index in [1.165, 1.54) is 4.68 Å². The Balaban J connectivity index is 2.06. The van der Waals surface area contributed by atoms with Crippen LogP contribution in [0.3, 0.4) is 0 Å². The predicted octanol–water partition coefficient (Wildman–Crippen LogP) is 2.55. The number of aryl methyl sites for hydroxylation is 1. The molecule has 2 heterocycles. The molecular weight excluding hydrogens is 348 g/mol. The maximum atomic E-state index is 13.2. The average molecular weight is 372 g/mol. The first-order valence-corrected chi connectivity index (χ1v) is 9.58. The molecule has 0 fully saturated rings. The number of nitrogens with zero attached hydrogens (tertiary/aromatic N) is 3. The normalized spacial score (nSPS) is 12.8. The summed E-state index contributed by atoms with van der Waals surface area (Å²) in [6.07, 6.45) is 0.508. The Kier molecular flexibility index (Phi) is 5.38. The van der Waals surface area contributed by atoms with Gasteiger partial charge < -0.3 is 10.2 Å². The number of amides is 1. The van der Waals surface area contributed by atoms with Crippen LogP contribution in [0.2, 0.25) is 0 Å². The van der Waals surface area contributed by atoms with Crippen molar-refractivity contribution >= 4 is 37.4 Å². The molecule has 3 aromatic rings. The molecule has 0 aliphatic rings. The summed E-state index contributed by atoms with van der Waals surface area (Å²) in [5, 5.41) is 8.98. The molecule has 0 bridgehead atoms. The number of nitrogens with one attached hydrogen (secondary N) is 1. The maximum absolute atomic E-state index is 13.2. The minimum Gasteiger partial charge on any atom is -0.353 e. The Morgan fingerprint density at radius 3 is 2.77 bits per heavy atom. The molecule has 138 valence electrons. The second kappa shape index (κ2) is 7.55. The Morgan fingerprint density at radius 1 is 1.35 bits per heavy atom. The van der Waals surface area contributed by atoms with E-state index in [1.54, 1.807) is 11.3 Å². The third-order valence-electron chi connectivity index (χ3n) is 4.45. The molecule has 0 aliphatic heterocycles. The zero-order valence-electron chi connectivity index (χ0n) is 15.6. The molecule has 1 aromatic carbocycles. The molecule has 2 aromatic heterocycles. The summed E-state index contributed by atoms with van der Waals surface area (Å²) in [4.78, 5) is 27.8. The first-order chi connectivity index (χ1) is 12.4. The molecule has 26 heavy (non-hydrogen) atoms. The third-order valence-corrected chi connectivity index (χ3v) is 5.73. The number of thiophene rings is 1. The first-order valence-electron chi connectivity index (χ1n) is 8.77. The van der Waals surface area contributed by atoms with Crippen molar-refractivity contribution in [1.82, 2.24) is 20.0 Å². The molecule has 0 aliphatic carbocycles. The fraction of sp³-hybridized carbons (Fsp3) is 0.421. The summed E-state index contributed by atoms with van der Waals surface area (Å²) >= 11 is 1.57. The summed E-state index contributed by atoms with van der Waals surface area (Å²) in [6.45, 7) is 5.08. The van der Waals surface area contributed by atoms with Gasteiger partial charge in [0, 0.05) is 23.2 Å². The average Bonchev–Trinajstić information content (AvgIpc) is 3.00. The van der Waals surface area contributed by atoms with Crippen LogP contribution in [0.5, 0.6) is 0 Å². The maximum Gasteiger partial charge on any atom is 0.276 e. The standard InChI is InChI=1S/C19H24N4O2S/c1-5-14(18(24)20-10-11-22(3)4)23-19(25)16-13-8-6-7-9-15(13)26-17(16)12(2)21-23/h6-9,14H,5,10-11H2,1-4H3,(H,20,24)/t14-/m1/s1. The molecule has 1 amide bonds. The Labute approximate surface area is 156 Å². The number of carbonyl (C=O) groups excluding carboxylic acids is 1. The van der Waals surface area contributed by atoms with E-state index < -0.39 is 6.04 Å². The van der Waals surface area contributed by atoms with Crippen molar-refractivity contribution in [3.05, 3.63) is 40.3 Å². The number of likely N-dealkylation sites (N-methyl/N-ethyl adjacent to an activating group) is 1. The van der Waals surface area contributed by atoms with Gasteiger partial charge in [-0.05, 0) is 33.5 Å². The number of fused-ring (bicyclic) bond motifs is 3. The molecule has 3 rings (SSSR count). The molecule has 1 atom stereocenters. The van der Waals surface area contributed by atoms with Crippen molar-refractivity contribution < 1.29 is 4.79 Å². The molecule has 7 heteroatoms. The summed E-state index contributed by atoms with van der Waals surface area (Å²) < 4.78 is 3.32. The van der Waals surface area contributed by atoms with Gasteiger partial charge in [-0.1, -0.05) is 25.1 Å². The second-order valence-corrected chi connectivity index (χ2v) is 7.71. The van der Waals surface area contributed by atoms with E-state index in [-0.39, 0.29) is 11.5 Å². The topological polar surface area (TPSA) is 67.2 Å². The van der Waals surface area contributed by atoms with Gasteiger partial charge in [0.05, 0.1) is 15.8 Å². The van der Waals surface area contributed by atoms with Crippen LogP contribution in [0.25, 0.3) is 20.2 Å². The Morgan fingerprint density at radius 2 is 2.08 bits per heavy atom. The van der Waals surface area contributed by atoms with Gasteiger partial charge in [0.25, 0.3) is 5.56 Å². The fourth-order valence-corrected chi connectivity index (χ4v) is 4.22. The number of hydrogen-bond acceptors (Lipinski definition) is 5. The summed E-state index contributed by atoms with van der Waals surface area (Å²) in [6, 6.07) is 7.25. The van der Waals surface area contributed by atoms with E-state index in [0.717, 1.165) is 27.0 Å². The van der Waals surface area contributed by atoms with Crippen molar-refractivity contribution in [3.8, 4) is 0 Å². The van der Waals surface area contributed by atoms with Crippen LogP contribution in [-0.4, -0.2) is 47.8 Å². The molecule has 0 spiro atoms. The highest BCUT2D eigenvalue weighted by Crippen LogP contribution is 2.33. The van der Waals surface area contributed by atoms with Crippen molar-refractivity contribution in [3.63, 3.8) is 0 Å². The molecule has 0 radical (unpaired) electrons. The fourth-order valence-electron chi connectivity index (χ4n) is 3.08. The zero-order valence-corrected chi connectivity index (χ0v) is 16.4. The highest BCUT2D eigenvalue weighted by Gasteiger charge is 2.23. The van der Waals surface area contributed by atoms with Crippen LogP contribution in [0.4, 0.5) is 0 Å². The largest absolute Gasteiger partial charge is 0.353 e. The zero-order chi connectivity index (χ0) is 18.8. The van der Waals surface area contributed by atoms with Crippen LogP contribution in [0.1, 0.15) is 25.1 Å². The Hall–Kier alpha value is -2.25. The number of rotatable bonds is 6. The van der Waals surface area contributed by atoms with Crippen LogP contribution >= 0.6 is 11.3 Å². The van der Waals surface area contributed by atoms with Crippen molar-refractivity contribution in [1.29, 1.82) is 0 Å². The van der Waals surface area contributed by atoms with Gasteiger partial charge >= 0.3 is 0 Å². The quantitative estimate of drug-likeness (QED) is 0.722. The highest BCUT2D eigenvalue weighted by atomic mass is 32.1. The first kappa shape index (κ1) is 18.5. The summed E-state index contributed by atoms with van der Waals surface area (Å²) in [7, 11) is 3.91. The highest BCUT2D eigenvalue weighted by molar-refractivity contribution is 7.26. The van der Waals surface area contributed by atoms with Crippen molar-refractivity contribution in [2.24, 2.45) is 0 Å². The second-order valence-electron chi connectivity index (χ2n) is 6.66. The van der Waals surface area contributed by atoms with Crippen LogP contribution < -0.4 is 10.9 Å². The van der Waals surface area contributed by atoms with Crippen LogP contribution in [-0.2, 0) is 4.79 Å². The van der Waals surface area contributed by atoms with Crippen LogP contribution in [0, 0.1) is 6.92 Å². The smallest absolute Gasteiger partial charge is 0.276 e. The number of carbonyl (C=O) groups is 1. The van der Waals surface area contributed by atoms with E-state index in [4.69, 9.17) is 0 Å². The lowest BCUT2D eigenvalue weighted by atomic mass is 10.1. The van der Waals surface area contributed by atoms with E-state index in [9.17, 15) is 9.59 Å². The SMILES string of the molecule is CC[C@H](C(=O)NCCN(C)C)n1nc(C)c2sc3ccccc3c2c1=O. The molecular formula is C19H24N4O2S. The van der Waals surface area contributed by atoms with Crippen molar-refractivity contribution in [2.75, 3.05) is 27.2 Å². The van der Waals surface area contributed by atoms with Crippen molar-refractivity contribution in [2.45, 2.75) is 26.3 Å². The monoisotopic (exact) mass is 372 g/mol. The lowest BCUT2D eigenvalue weighted by Crippen LogP contribution is -2.40. The molecule has 0 saturated carbocycles. The number of aromatic nitrogens is 2. The van der Waals surface area contributed by atoms with E-state index >= 15 is 0 Å². The number of benzene rings is 1. The Bertz CT molecular complexity index is 1010. The molecule has 0 saturated heterocycles. The minimum atomic E-state index is -0.605. The minimum absolute atomic E-state index is 0.165. The van der Waals surface area contributed by atoms with Crippen LogP contribution in [0.15, 0.2) is 29.1 Å². The van der Waals surface area contributed by atoms with Gasteiger partial charge in [-0.3, -0.25) is 9.59 Å². The van der Waals surface area contributed by atoms with E-state index in [1.807, 2.05) is 57.1 Å². The molecule has 0 unspecified atom stereocenters. The van der Waals surface area contributed by atoms with Gasteiger partial charge in [0.15, 0.2) is 0 Å².